The first-order valence-corrected chi connectivity index (χ1v) is 11.7. The molecule has 2 heterocycles. The van der Waals surface area contributed by atoms with Crippen molar-refractivity contribution in [1.82, 2.24) is 4.57 Å². The van der Waals surface area contributed by atoms with Crippen molar-refractivity contribution >= 4 is 29.0 Å². The van der Waals surface area contributed by atoms with Gasteiger partial charge >= 0.3 is 0 Å². The third-order valence-electron chi connectivity index (χ3n) is 7.48. The van der Waals surface area contributed by atoms with E-state index in [2.05, 4.69) is 23.0 Å². The molecule has 3 aromatic rings. The summed E-state index contributed by atoms with van der Waals surface area (Å²) in [5.74, 6) is 0.648. The fraction of sp³-hybridized carbons (Fsp3) is 0.346. The molecule has 0 saturated heterocycles. The highest BCUT2D eigenvalue weighted by Gasteiger charge is 2.69. The number of hydrogen-bond acceptors (Lipinski definition) is 3. The number of nitrogens with zero attached hydrogens (tertiary/aromatic N) is 1. The summed E-state index contributed by atoms with van der Waals surface area (Å²) in [4.78, 5) is 13.0. The highest BCUT2D eigenvalue weighted by Crippen LogP contribution is 2.73. The van der Waals surface area contributed by atoms with Gasteiger partial charge in [-0.25, -0.2) is 0 Å². The molecular formula is C26H23Cl2NO3. The van der Waals surface area contributed by atoms with E-state index < -0.39 is 12.2 Å². The molecule has 6 heteroatoms. The zero-order valence-electron chi connectivity index (χ0n) is 17.4. The molecular weight excluding hydrogens is 445 g/mol. The molecule has 1 aromatic heterocycles. The van der Waals surface area contributed by atoms with Gasteiger partial charge in [0, 0.05) is 46.4 Å². The van der Waals surface area contributed by atoms with Crippen LogP contribution >= 0.6 is 23.2 Å². The fourth-order valence-electron chi connectivity index (χ4n) is 6.00. The van der Waals surface area contributed by atoms with Gasteiger partial charge in [0.15, 0.2) is 11.9 Å². The van der Waals surface area contributed by atoms with Crippen LogP contribution < -0.4 is 4.74 Å². The monoisotopic (exact) mass is 467 g/mol. The molecule has 1 aliphatic heterocycles. The molecule has 4 nitrogen and oxygen atoms in total. The molecule has 0 radical (unpaired) electrons. The van der Waals surface area contributed by atoms with Gasteiger partial charge in [-0.3, -0.25) is 4.79 Å². The van der Waals surface area contributed by atoms with Crippen LogP contribution in [-0.2, 0) is 10.3 Å². The summed E-state index contributed by atoms with van der Waals surface area (Å²) < 4.78 is 8.26. The van der Waals surface area contributed by atoms with E-state index in [1.807, 2.05) is 24.3 Å². The van der Waals surface area contributed by atoms with Crippen molar-refractivity contribution in [3.63, 3.8) is 0 Å². The zero-order valence-corrected chi connectivity index (χ0v) is 18.9. The van der Waals surface area contributed by atoms with Crippen molar-refractivity contribution < 1.29 is 14.6 Å². The van der Waals surface area contributed by atoms with Crippen molar-refractivity contribution in [2.24, 2.45) is 5.41 Å². The Kier molecular flexibility index (Phi) is 4.52. The Morgan fingerprint density at radius 1 is 1.03 bits per heavy atom. The number of aromatic nitrogens is 1. The summed E-state index contributed by atoms with van der Waals surface area (Å²) in [5.41, 5.74) is 3.21. The van der Waals surface area contributed by atoms with Crippen LogP contribution in [0.2, 0.25) is 10.0 Å². The molecule has 0 unspecified atom stereocenters. The minimum Gasteiger partial charge on any atom is -0.482 e. The summed E-state index contributed by atoms with van der Waals surface area (Å²) in [5, 5.41) is 11.8. The van der Waals surface area contributed by atoms with E-state index >= 15 is 0 Å². The summed E-state index contributed by atoms with van der Waals surface area (Å²) in [7, 11) is 0. The second-order valence-corrected chi connectivity index (χ2v) is 10.6. The van der Waals surface area contributed by atoms with Crippen molar-refractivity contribution in [1.29, 1.82) is 0 Å². The molecule has 3 aliphatic carbocycles. The number of carbonyl (C=O) groups is 1. The molecule has 0 amide bonds. The summed E-state index contributed by atoms with van der Waals surface area (Å²) in [6.45, 7) is 0. The molecule has 3 fully saturated rings. The molecule has 164 valence electrons. The molecule has 4 aliphatic rings. The van der Waals surface area contributed by atoms with E-state index in [0.717, 1.165) is 29.8 Å². The van der Waals surface area contributed by atoms with E-state index in [1.54, 1.807) is 18.2 Å². The van der Waals surface area contributed by atoms with E-state index in [-0.39, 0.29) is 23.2 Å². The van der Waals surface area contributed by atoms with Crippen molar-refractivity contribution in [3.05, 3.63) is 76.5 Å². The number of carbonyl (C=O) groups excluding carboxylic acids is 1. The van der Waals surface area contributed by atoms with E-state index in [0.29, 0.717) is 22.8 Å². The maximum atomic E-state index is 13.0. The maximum absolute atomic E-state index is 13.0. The Labute approximate surface area is 196 Å². The van der Waals surface area contributed by atoms with Crippen molar-refractivity contribution in [3.8, 4) is 16.9 Å². The van der Waals surface area contributed by atoms with Gasteiger partial charge in [-0.2, -0.15) is 0 Å². The predicted molar refractivity (Wildman–Crippen MR) is 124 cm³/mol. The Morgan fingerprint density at radius 2 is 1.75 bits per heavy atom. The molecule has 32 heavy (non-hydrogen) atoms. The first-order valence-electron chi connectivity index (χ1n) is 11.0. The van der Waals surface area contributed by atoms with Crippen LogP contribution in [0.5, 0.6) is 5.75 Å². The number of aliphatic hydroxyl groups is 1. The fourth-order valence-corrected chi connectivity index (χ4v) is 6.31. The molecule has 2 atom stereocenters. The lowest BCUT2D eigenvalue weighted by molar-refractivity contribution is -0.194. The van der Waals surface area contributed by atoms with Gasteiger partial charge in [0.05, 0.1) is 6.10 Å². The van der Waals surface area contributed by atoms with Gasteiger partial charge in [-0.05, 0) is 72.2 Å². The number of hydrogen-bond donors (Lipinski definition) is 1. The second kappa shape index (κ2) is 7.11. The first-order chi connectivity index (χ1) is 15.3. The SMILES string of the molecule is O=C(CC12CC(n3ccc(-c4ccc(Cl)cc4)c3)(C1)C2)[C@H]1C[C@@H](O)c2cc(Cl)ccc2O1. The molecule has 1 N–H and O–H groups in total. The van der Waals surface area contributed by atoms with Gasteiger partial charge in [-0.15, -0.1) is 0 Å². The number of ether oxygens (including phenoxy) is 1. The van der Waals surface area contributed by atoms with E-state index in [4.69, 9.17) is 27.9 Å². The number of ketones is 1. The Morgan fingerprint density at radius 3 is 2.50 bits per heavy atom. The predicted octanol–water partition coefficient (Wildman–Crippen LogP) is 6.19. The summed E-state index contributed by atoms with van der Waals surface area (Å²) in [6.07, 6.45) is 6.89. The Balaban J connectivity index is 1.10. The minimum absolute atomic E-state index is 0.0797. The van der Waals surface area contributed by atoms with Crippen LogP contribution in [0.25, 0.3) is 11.1 Å². The van der Waals surface area contributed by atoms with Crippen LogP contribution in [0.3, 0.4) is 0 Å². The average Bonchev–Trinajstić information content (AvgIpc) is 3.20. The highest BCUT2D eigenvalue weighted by atomic mass is 35.5. The lowest BCUT2D eigenvalue weighted by atomic mass is 9.38. The number of rotatable bonds is 5. The number of Topliss-reactive ketones (excluding diaryl/α,β-unsaturated/α-hetero) is 1. The van der Waals surface area contributed by atoms with E-state index in [1.165, 1.54) is 5.56 Å². The van der Waals surface area contributed by atoms with Crippen molar-refractivity contribution in [2.45, 2.75) is 49.9 Å². The first kappa shape index (κ1) is 20.3. The van der Waals surface area contributed by atoms with Gasteiger partial charge < -0.3 is 14.4 Å². The quantitative estimate of drug-likeness (QED) is 0.486. The molecule has 0 spiro atoms. The van der Waals surface area contributed by atoms with Gasteiger partial charge in [0.25, 0.3) is 0 Å². The van der Waals surface area contributed by atoms with Crippen LogP contribution in [0.4, 0.5) is 0 Å². The Bertz CT molecular complexity index is 1200. The second-order valence-electron chi connectivity index (χ2n) is 9.75. The van der Waals surface area contributed by atoms with Gasteiger partial charge in [0.1, 0.15) is 5.75 Å². The molecule has 3 saturated carbocycles. The largest absolute Gasteiger partial charge is 0.482 e. The average molecular weight is 468 g/mol. The summed E-state index contributed by atoms with van der Waals surface area (Å²) >= 11 is 12.0. The van der Waals surface area contributed by atoms with Gasteiger partial charge in [-0.1, -0.05) is 35.3 Å². The summed E-state index contributed by atoms with van der Waals surface area (Å²) in [6, 6.07) is 15.2. The number of halogens is 2. The number of aliphatic hydroxyl groups excluding tert-OH is 1. The smallest absolute Gasteiger partial charge is 0.173 e. The normalized spacial score (nSPS) is 30.0. The zero-order chi connectivity index (χ0) is 22.1. The van der Waals surface area contributed by atoms with Gasteiger partial charge in [0.2, 0.25) is 0 Å². The topological polar surface area (TPSA) is 51.5 Å². The molecule has 2 bridgehead atoms. The van der Waals surface area contributed by atoms with Crippen LogP contribution in [0, 0.1) is 5.41 Å². The number of benzene rings is 2. The Hall–Kier alpha value is -2.27. The number of fused-ring (bicyclic) bond motifs is 1. The standard InChI is InChI=1S/C26H23Cl2NO3/c27-18-3-1-16(2-4-18)17-7-8-29(12-17)26-13-25(14-26,15-26)11-22(31)24-10-21(30)20-9-19(28)5-6-23(20)32-24/h1-9,12,21,24,30H,10-11,13-15H2/t21-,24-,25?,26?/m1/s1. The third kappa shape index (κ3) is 3.20. The molecule has 7 rings (SSSR count). The van der Waals surface area contributed by atoms with E-state index in [9.17, 15) is 9.90 Å². The molecule has 2 aromatic carbocycles. The lowest BCUT2D eigenvalue weighted by Crippen LogP contribution is -2.68. The third-order valence-corrected chi connectivity index (χ3v) is 7.96. The lowest BCUT2D eigenvalue weighted by Gasteiger charge is -2.71. The van der Waals surface area contributed by atoms with Crippen LogP contribution in [0.1, 0.15) is 43.8 Å². The van der Waals surface area contributed by atoms with Crippen LogP contribution in [0.15, 0.2) is 60.9 Å². The minimum atomic E-state index is -0.725. The van der Waals surface area contributed by atoms with Crippen molar-refractivity contribution in [2.75, 3.05) is 0 Å². The maximum Gasteiger partial charge on any atom is 0.173 e. The highest BCUT2D eigenvalue weighted by molar-refractivity contribution is 6.31. The van der Waals surface area contributed by atoms with Crippen LogP contribution in [-0.4, -0.2) is 21.6 Å².